The van der Waals surface area contributed by atoms with Gasteiger partial charge in [0.25, 0.3) is 0 Å². The van der Waals surface area contributed by atoms with E-state index in [1.807, 2.05) is 43.1 Å². The van der Waals surface area contributed by atoms with Gasteiger partial charge in [-0.2, -0.15) is 0 Å². The predicted molar refractivity (Wildman–Crippen MR) is 71.0 cm³/mol. The minimum atomic E-state index is -0.764. The summed E-state index contributed by atoms with van der Waals surface area (Å²) in [6.45, 7) is 2.59. The predicted octanol–water partition coefficient (Wildman–Crippen LogP) is 2.03. The molecule has 0 unspecified atom stereocenters. The van der Waals surface area contributed by atoms with E-state index in [1.54, 1.807) is 7.11 Å². The summed E-state index contributed by atoms with van der Waals surface area (Å²) in [4.78, 5) is 12.9. The van der Waals surface area contributed by atoms with Crippen LogP contribution >= 0.6 is 0 Å². The standard InChI is InChI=1S/C14H21NO3/c1-4-12(14(16)17)15(2)10-9-11-7-5-6-8-13(11)18-3/h5-8,12H,4,9-10H2,1-3H3,(H,16,17)/t12-/m0/s1. The number of ether oxygens (including phenoxy) is 1. The molecule has 1 rings (SSSR count). The zero-order valence-electron chi connectivity index (χ0n) is 11.2. The molecule has 0 heterocycles. The number of carboxylic acids is 1. The zero-order chi connectivity index (χ0) is 13.5. The molecule has 1 aromatic carbocycles. The summed E-state index contributed by atoms with van der Waals surface area (Å²) < 4.78 is 5.28. The van der Waals surface area contributed by atoms with Gasteiger partial charge >= 0.3 is 5.97 Å². The van der Waals surface area contributed by atoms with Crippen molar-refractivity contribution in [2.45, 2.75) is 25.8 Å². The summed E-state index contributed by atoms with van der Waals surface area (Å²) in [7, 11) is 3.49. The molecule has 0 aliphatic heterocycles. The molecule has 0 aromatic heterocycles. The highest BCUT2D eigenvalue weighted by Crippen LogP contribution is 2.18. The Morgan fingerprint density at radius 1 is 1.44 bits per heavy atom. The Balaban J connectivity index is 2.61. The van der Waals surface area contributed by atoms with Crippen molar-refractivity contribution in [2.75, 3.05) is 20.7 Å². The van der Waals surface area contributed by atoms with E-state index >= 15 is 0 Å². The third-order valence-electron chi connectivity index (χ3n) is 3.13. The molecule has 0 spiro atoms. The molecular formula is C14H21NO3. The van der Waals surface area contributed by atoms with Gasteiger partial charge < -0.3 is 9.84 Å². The van der Waals surface area contributed by atoms with Crippen molar-refractivity contribution in [3.63, 3.8) is 0 Å². The summed E-state index contributed by atoms with van der Waals surface area (Å²) in [5.74, 6) is 0.0919. The van der Waals surface area contributed by atoms with Gasteiger partial charge in [0.15, 0.2) is 0 Å². The van der Waals surface area contributed by atoms with Gasteiger partial charge in [-0.1, -0.05) is 25.1 Å². The monoisotopic (exact) mass is 251 g/mol. The van der Waals surface area contributed by atoms with Gasteiger partial charge in [0.05, 0.1) is 7.11 Å². The third-order valence-corrected chi connectivity index (χ3v) is 3.13. The highest BCUT2D eigenvalue weighted by atomic mass is 16.5. The second kappa shape index (κ2) is 7.01. The zero-order valence-corrected chi connectivity index (χ0v) is 11.2. The molecule has 0 amide bonds. The largest absolute Gasteiger partial charge is 0.496 e. The molecule has 18 heavy (non-hydrogen) atoms. The Morgan fingerprint density at radius 3 is 2.67 bits per heavy atom. The SMILES string of the molecule is CC[C@@H](C(=O)O)N(C)CCc1ccccc1OC. The molecule has 0 radical (unpaired) electrons. The van der Waals surface area contributed by atoms with Crippen molar-refractivity contribution < 1.29 is 14.6 Å². The number of aliphatic carboxylic acids is 1. The molecule has 0 aliphatic rings. The third kappa shape index (κ3) is 3.74. The lowest BCUT2D eigenvalue weighted by Gasteiger charge is -2.23. The maximum absolute atomic E-state index is 11.0. The number of para-hydroxylation sites is 1. The second-order valence-electron chi connectivity index (χ2n) is 4.30. The van der Waals surface area contributed by atoms with Crippen molar-refractivity contribution in [2.24, 2.45) is 0 Å². The van der Waals surface area contributed by atoms with Gasteiger partial charge in [-0.05, 0) is 31.5 Å². The maximum Gasteiger partial charge on any atom is 0.320 e. The van der Waals surface area contributed by atoms with Crippen molar-refractivity contribution in [3.8, 4) is 5.75 Å². The summed E-state index contributed by atoms with van der Waals surface area (Å²) in [6, 6.07) is 7.41. The van der Waals surface area contributed by atoms with E-state index in [9.17, 15) is 4.79 Å². The van der Waals surface area contributed by atoms with Crippen LogP contribution in [0.1, 0.15) is 18.9 Å². The minimum absolute atomic E-state index is 0.417. The molecule has 0 aliphatic carbocycles. The van der Waals surface area contributed by atoms with E-state index in [0.29, 0.717) is 13.0 Å². The first-order valence-electron chi connectivity index (χ1n) is 6.15. The molecule has 0 saturated heterocycles. The minimum Gasteiger partial charge on any atom is -0.496 e. The summed E-state index contributed by atoms with van der Waals surface area (Å²) >= 11 is 0. The van der Waals surface area contributed by atoms with Crippen LogP contribution in [0.3, 0.4) is 0 Å². The van der Waals surface area contributed by atoms with E-state index in [1.165, 1.54) is 0 Å². The molecule has 100 valence electrons. The van der Waals surface area contributed by atoms with Gasteiger partial charge in [-0.3, -0.25) is 9.69 Å². The molecule has 4 heteroatoms. The van der Waals surface area contributed by atoms with Gasteiger partial charge in [0.1, 0.15) is 11.8 Å². The van der Waals surface area contributed by atoms with Crippen molar-refractivity contribution in [1.29, 1.82) is 0 Å². The van der Waals surface area contributed by atoms with Crippen molar-refractivity contribution in [3.05, 3.63) is 29.8 Å². The lowest BCUT2D eigenvalue weighted by atomic mass is 10.1. The average Bonchev–Trinajstić information content (AvgIpc) is 2.37. The summed E-state index contributed by atoms with van der Waals surface area (Å²) in [6.07, 6.45) is 1.39. The Hall–Kier alpha value is -1.55. The number of hydrogen-bond donors (Lipinski definition) is 1. The van der Waals surface area contributed by atoms with Crippen LogP contribution in [-0.2, 0) is 11.2 Å². The fraction of sp³-hybridized carbons (Fsp3) is 0.500. The van der Waals surface area contributed by atoms with Crippen LogP contribution in [-0.4, -0.2) is 42.7 Å². The second-order valence-corrected chi connectivity index (χ2v) is 4.30. The molecule has 1 N–H and O–H groups in total. The lowest BCUT2D eigenvalue weighted by molar-refractivity contribution is -0.142. The van der Waals surface area contributed by atoms with Crippen LogP contribution in [0.25, 0.3) is 0 Å². The molecule has 0 saturated carbocycles. The molecule has 4 nitrogen and oxygen atoms in total. The van der Waals surface area contributed by atoms with Crippen molar-refractivity contribution in [1.82, 2.24) is 4.90 Å². The number of benzene rings is 1. The van der Waals surface area contributed by atoms with E-state index < -0.39 is 12.0 Å². The smallest absolute Gasteiger partial charge is 0.320 e. The van der Waals surface area contributed by atoms with Crippen LogP contribution < -0.4 is 4.74 Å². The number of methoxy groups -OCH3 is 1. The van der Waals surface area contributed by atoms with Crippen LogP contribution in [0.4, 0.5) is 0 Å². The normalized spacial score (nSPS) is 12.4. The van der Waals surface area contributed by atoms with Gasteiger partial charge in [0, 0.05) is 6.54 Å². The van der Waals surface area contributed by atoms with Crippen LogP contribution in [0, 0.1) is 0 Å². The van der Waals surface area contributed by atoms with Gasteiger partial charge in [0.2, 0.25) is 0 Å². The average molecular weight is 251 g/mol. The summed E-state index contributed by atoms with van der Waals surface area (Å²) in [5, 5.41) is 9.08. The number of nitrogens with zero attached hydrogens (tertiary/aromatic N) is 1. The first kappa shape index (κ1) is 14.5. The Kier molecular flexibility index (Phi) is 5.65. The highest BCUT2D eigenvalue weighted by Gasteiger charge is 2.20. The van der Waals surface area contributed by atoms with E-state index in [-0.39, 0.29) is 0 Å². The maximum atomic E-state index is 11.0. The topological polar surface area (TPSA) is 49.8 Å². The lowest BCUT2D eigenvalue weighted by Crippen LogP contribution is -2.39. The number of rotatable bonds is 7. The molecule has 0 bridgehead atoms. The highest BCUT2D eigenvalue weighted by molar-refractivity contribution is 5.73. The number of carboxylic acid groups (broad SMARTS) is 1. The Bertz CT molecular complexity index is 392. The quantitative estimate of drug-likeness (QED) is 0.805. The van der Waals surface area contributed by atoms with Gasteiger partial charge in [-0.25, -0.2) is 0 Å². The molecular weight excluding hydrogens is 230 g/mol. The number of carbonyl (C=O) groups is 1. The van der Waals surface area contributed by atoms with E-state index in [2.05, 4.69) is 0 Å². The summed E-state index contributed by atoms with van der Waals surface area (Å²) in [5.41, 5.74) is 1.10. The Morgan fingerprint density at radius 2 is 2.11 bits per heavy atom. The van der Waals surface area contributed by atoms with Crippen LogP contribution in [0.5, 0.6) is 5.75 Å². The van der Waals surface area contributed by atoms with Crippen LogP contribution in [0.15, 0.2) is 24.3 Å². The van der Waals surface area contributed by atoms with Gasteiger partial charge in [-0.15, -0.1) is 0 Å². The fourth-order valence-corrected chi connectivity index (χ4v) is 2.04. The Labute approximate surface area is 108 Å². The first-order chi connectivity index (χ1) is 8.60. The van der Waals surface area contributed by atoms with Crippen LogP contribution in [0.2, 0.25) is 0 Å². The molecule has 0 fully saturated rings. The molecule has 1 aromatic rings. The fourth-order valence-electron chi connectivity index (χ4n) is 2.04. The van der Waals surface area contributed by atoms with E-state index in [0.717, 1.165) is 17.7 Å². The number of hydrogen-bond acceptors (Lipinski definition) is 3. The molecule has 1 atom stereocenters. The number of likely N-dealkylation sites (N-methyl/N-ethyl adjacent to an activating group) is 1. The van der Waals surface area contributed by atoms with Crippen molar-refractivity contribution >= 4 is 5.97 Å². The van der Waals surface area contributed by atoms with E-state index in [4.69, 9.17) is 9.84 Å². The first-order valence-corrected chi connectivity index (χ1v) is 6.15.